The fourth-order valence-electron chi connectivity index (χ4n) is 3.50. The van der Waals surface area contributed by atoms with Crippen LogP contribution in [0.1, 0.15) is 31.4 Å². The lowest BCUT2D eigenvalue weighted by molar-refractivity contribution is -0.131. The molecule has 7 heteroatoms. The molecular weight excluding hydrogens is 413 g/mol. The molecule has 0 aromatic heterocycles. The number of hydrogen-bond acceptors (Lipinski definition) is 4. The minimum atomic E-state index is -1.04. The zero-order valence-corrected chi connectivity index (χ0v) is 17.5. The topological polar surface area (TPSA) is 95.9 Å². The van der Waals surface area contributed by atoms with E-state index in [0.717, 1.165) is 22.9 Å². The van der Waals surface area contributed by atoms with Gasteiger partial charge in [-0.2, -0.15) is 0 Å². The van der Waals surface area contributed by atoms with Crippen molar-refractivity contribution in [3.05, 3.63) is 84.2 Å². The molecule has 0 radical (unpaired) electrons. The number of halogens is 1. The predicted octanol–water partition coefficient (Wildman–Crippen LogP) is 6.03. The summed E-state index contributed by atoms with van der Waals surface area (Å²) in [5.74, 6) is -2.61. The van der Waals surface area contributed by atoms with E-state index in [4.69, 9.17) is 9.84 Å². The third-order valence-electron chi connectivity index (χ3n) is 5.13. The first kappa shape index (κ1) is 22.8. The number of anilines is 1. The second kappa shape index (κ2) is 10.4. The number of rotatable bonds is 8. The van der Waals surface area contributed by atoms with Crippen molar-refractivity contribution in [2.45, 2.75) is 25.9 Å². The number of benzene rings is 3. The molecule has 3 aromatic rings. The molecule has 3 rings (SSSR count). The minimum Gasteiger partial charge on any atom is -0.505 e. The van der Waals surface area contributed by atoms with E-state index < -0.39 is 29.7 Å². The van der Waals surface area contributed by atoms with Crippen molar-refractivity contribution >= 4 is 28.5 Å². The molecule has 0 saturated heterocycles. The van der Waals surface area contributed by atoms with Gasteiger partial charge in [0.25, 0.3) is 0 Å². The van der Waals surface area contributed by atoms with Crippen molar-refractivity contribution < 1.29 is 28.9 Å². The summed E-state index contributed by atoms with van der Waals surface area (Å²) in [6.45, 7) is 1.83. The van der Waals surface area contributed by atoms with E-state index in [1.807, 2.05) is 43.3 Å². The Hall–Kier alpha value is -3.87. The van der Waals surface area contributed by atoms with Gasteiger partial charge in [0.2, 0.25) is 0 Å². The summed E-state index contributed by atoms with van der Waals surface area (Å²) in [4.78, 5) is 23.4. The van der Waals surface area contributed by atoms with Crippen LogP contribution in [-0.2, 0) is 9.53 Å². The molecule has 1 amide bonds. The summed E-state index contributed by atoms with van der Waals surface area (Å²) in [6, 6.07) is 16.9. The highest BCUT2D eigenvalue weighted by molar-refractivity contribution is 6.00. The van der Waals surface area contributed by atoms with Crippen LogP contribution in [0.5, 0.6) is 5.75 Å². The van der Waals surface area contributed by atoms with Crippen LogP contribution in [0.3, 0.4) is 0 Å². The maximum absolute atomic E-state index is 14.0. The third kappa shape index (κ3) is 5.85. The molecule has 0 bridgehead atoms. The lowest BCUT2D eigenvalue weighted by atomic mass is 9.93. The van der Waals surface area contributed by atoms with Gasteiger partial charge in [-0.1, -0.05) is 55.5 Å². The van der Waals surface area contributed by atoms with E-state index in [1.54, 1.807) is 6.07 Å². The number of allylic oxidation sites excluding steroid dienone is 1. The van der Waals surface area contributed by atoms with E-state index in [9.17, 15) is 19.1 Å². The highest BCUT2D eigenvalue weighted by atomic mass is 19.1. The summed E-state index contributed by atoms with van der Waals surface area (Å²) < 4.78 is 19.7. The highest BCUT2D eigenvalue weighted by Crippen LogP contribution is 2.32. The van der Waals surface area contributed by atoms with Crippen molar-refractivity contribution in [2.24, 2.45) is 5.92 Å². The van der Waals surface area contributed by atoms with Gasteiger partial charge in [0.05, 0.1) is 5.69 Å². The van der Waals surface area contributed by atoms with E-state index in [-0.39, 0.29) is 5.92 Å². The third-order valence-corrected chi connectivity index (χ3v) is 5.13. The number of fused-ring (bicyclic) bond motifs is 1. The van der Waals surface area contributed by atoms with Crippen LogP contribution in [0.4, 0.5) is 14.9 Å². The lowest BCUT2D eigenvalue weighted by Gasteiger charge is -2.25. The molecule has 2 atom stereocenters. The van der Waals surface area contributed by atoms with Crippen molar-refractivity contribution in [3.63, 3.8) is 0 Å². The van der Waals surface area contributed by atoms with Crippen molar-refractivity contribution in [2.75, 3.05) is 5.32 Å². The van der Waals surface area contributed by atoms with Gasteiger partial charge in [-0.25, -0.2) is 14.0 Å². The second-order valence-corrected chi connectivity index (χ2v) is 7.48. The highest BCUT2D eigenvalue weighted by Gasteiger charge is 2.25. The average Bonchev–Trinajstić information content (AvgIpc) is 2.77. The normalized spacial score (nSPS) is 13.1. The lowest BCUT2D eigenvalue weighted by Crippen LogP contribution is -2.22. The smallest absolute Gasteiger partial charge is 0.412 e. The quantitative estimate of drug-likeness (QED) is 0.374. The zero-order valence-electron chi connectivity index (χ0n) is 17.5. The van der Waals surface area contributed by atoms with E-state index >= 15 is 0 Å². The number of carboxylic acids is 1. The summed E-state index contributed by atoms with van der Waals surface area (Å²) in [5, 5.41) is 22.8. The number of aliphatic carboxylic acids is 1. The van der Waals surface area contributed by atoms with Gasteiger partial charge in [0.1, 0.15) is 6.10 Å². The van der Waals surface area contributed by atoms with Gasteiger partial charge in [-0.15, -0.1) is 0 Å². The van der Waals surface area contributed by atoms with Gasteiger partial charge in [0.15, 0.2) is 11.6 Å². The van der Waals surface area contributed by atoms with Crippen LogP contribution >= 0.6 is 0 Å². The largest absolute Gasteiger partial charge is 0.505 e. The minimum absolute atomic E-state index is 0.254. The maximum atomic E-state index is 14.0. The van der Waals surface area contributed by atoms with Crippen LogP contribution in [0, 0.1) is 11.7 Å². The average molecular weight is 437 g/mol. The SMILES string of the molecule is C[C@H](CC/C=C/C(=O)O)[C@H](OC(=O)Nc1cccc2ccccc12)c1ccc(O)c(F)c1. The molecule has 32 heavy (non-hydrogen) atoms. The summed E-state index contributed by atoms with van der Waals surface area (Å²) >= 11 is 0. The van der Waals surface area contributed by atoms with Gasteiger partial charge in [-0.05, 0) is 47.9 Å². The first-order chi connectivity index (χ1) is 15.3. The number of amides is 1. The fraction of sp³-hybridized carbons (Fsp3) is 0.200. The van der Waals surface area contributed by atoms with E-state index in [0.29, 0.717) is 24.1 Å². The number of aromatic hydroxyl groups is 1. The van der Waals surface area contributed by atoms with Gasteiger partial charge >= 0.3 is 12.1 Å². The Morgan fingerprint density at radius 2 is 1.88 bits per heavy atom. The maximum Gasteiger partial charge on any atom is 0.412 e. The predicted molar refractivity (Wildman–Crippen MR) is 120 cm³/mol. The molecule has 0 spiro atoms. The molecule has 166 valence electrons. The van der Waals surface area contributed by atoms with Gasteiger partial charge in [0, 0.05) is 11.5 Å². The van der Waals surface area contributed by atoms with Crippen LogP contribution in [0.25, 0.3) is 10.8 Å². The van der Waals surface area contributed by atoms with E-state index in [2.05, 4.69) is 5.32 Å². The number of ether oxygens (including phenoxy) is 1. The van der Waals surface area contributed by atoms with Crippen molar-refractivity contribution in [1.29, 1.82) is 0 Å². The van der Waals surface area contributed by atoms with E-state index in [1.165, 1.54) is 18.2 Å². The number of carbonyl (C=O) groups excluding carboxylic acids is 1. The zero-order chi connectivity index (χ0) is 23.1. The molecule has 3 aromatic carbocycles. The Morgan fingerprint density at radius 1 is 1.12 bits per heavy atom. The first-order valence-corrected chi connectivity index (χ1v) is 10.2. The molecule has 3 N–H and O–H groups in total. The van der Waals surface area contributed by atoms with Crippen molar-refractivity contribution in [3.8, 4) is 5.75 Å². The number of phenols is 1. The number of hydrogen-bond donors (Lipinski definition) is 3. The monoisotopic (exact) mass is 437 g/mol. The molecule has 0 aliphatic carbocycles. The molecule has 0 heterocycles. The molecular formula is C25H24FNO5. The van der Waals surface area contributed by atoms with Crippen molar-refractivity contribution in [1.82, 2.24) is 0 Å². The first-order valence-electron chi connectivity index (χ1n) is 10.2. The molecule has 0 fully saturated rings. The number of phenolic OH excluding ortho intramolecular Hbond substituents is 1. The Bertz CT molecular complexity index is 1140. The van der Waals surface area contributed by atoms with Crippen LogP contribution in [0.2, 0.25) is 0 Å². The second-order valence-electron chi connectivity index (χ2n) is 7.48. The van der Waals surface area contributed by atoms with Gasteiger partial charge in [-0.3, -0.25) is 5.32 Å². The molecule has 6 nitrogen and oxygen atoms in total. The van der Waals surface area contributed by atoms with Gasteiger partial charge < -0.3 is 14.9 Å². The molecule has 0 unspecified atom stereocenters. The fourth-order valence-corrected chi connectivity index (χ4v) is 3.50. The Morgan fingerprint density at radius 3 is 2.62 bits per heavy atom. The van der Waals surface area contributed by atoms with Crippen LogP contribution < -0.4 is 5.32 Å². The summed E-state index contributed by atoms with van der Waals surface area (Å²) in [7, 11) is 0. The Labute approximate surface area is 185 Å². The summed E-state index contributed by atoms with van der Waals surface area (Å²) in [5.41, 5.74) is 0.976. The Kier molecular flexibility index (Phi) is 7.44. The standard InChI is InChI=1S/C25H24FNO5/c1-16(7-2-5-12-23(29)30)24(18-13-14-22(28)20(26)15-18)32-25(31)27-21-11-6-9-17-8-3-4-10-19(17)21/h3-6,8-16,24,28H,2,7H2,1H3,(H,27,31)(H,29,30)/b12-5+/t16-,24+/m1/s1. The Balaban J connectivity index is 1.79. The molecule has 0 saturated carbocycles. The van der Waals surface area contributed by atoms with Crippen LogP contribution in [0.15, 0.2) is 72.8 Å². The molecule has 0 aliphatic heterocycles. The number of carbonyl (C=O) groups is 2. The number of nitrogens with one attached hydrogen (secondary N) is 1. The summed E-state index contributed by atoms with van der Waals surface area (Å²) in [6.07, 6.45) is 2.00. The van der Waals surface area contributed by atoms with Crippen LogP contribution in [-0.4, -0.2) is 22.3 Å². The number of carboxylic acid groups (broad SMARTS) is 1. The molecule has 0 aliphatic rings.